The van der Waals surface area contributed by atoms with E-state index in [0.29, 0.717) is 17.9 Å². The smallest absolute Gasteiger partial charge is 0.261 e. The van der Waals surface area contributed by atoms with Crippen molar-refractivity contribution in [1.29, 1.82) is 5.26 Å². The highest BCUT2D eigenvalue weighted by Gasteiger charge is 2.24. The van der Waals surface area contributed by atoms with Crippen LogP contribution in [0, 0.1) is 18.3 Å². The maximum Gasteiger partial charge on any atom is 0.261 e. The standard InChI is InChI=1S/C32H31N3O/c1-3-4-13-31-30(19-23-14-17-29(27(18-23)21-33)25-9-6-5-7-10-25)32(36)35(22(2)34-31)28-12-8-11-26(20-28)24-15-16-24/h5-12,14,17-18,20,24H,3-4,13,15-16,19H2,1-2H3. The minimum atomic E-state index is -0.00723. The van der Waals surface area contributed by atoms with Crippen molar-refractivity contribution in [2.45, 2.75) is 58.3 Å². The highest BCUT2D eigenvalue weighted by atomic mass is 16.1. The van der Waals surface area contributed by atoms with Crippen molar-refractivity contribution in [2.75, 3.05) is 0 Å². The number of nitriles is 1. The van der Waals surface area contributed by atoms with Gasteiger partial charge in [0.15, 0.2) is 0 Å². The minimum Gasteiger partial charge on any atom is -0.269 e. The lowest BCUT2D eigenvalue weighted by Gasteiger charge is -2.17. The number of rotatable bonds is 8. The Morgan fingerprint density at radius 3 is 2.56 bits per heavy atom. The largest absolute Gasteiger partial charge is 0.269 e. The Morgan fingerprint density at radius 2 is 1.83 bits per heavy atom. The third kappa shape index (κ3) is 4.88. The van der Waals surface area contributed by atoms with Gasteiger partial charge in [0.25, 0.3) is 5.56 Å². The Balaban J connectivity index is 1.58. The number of benzene rings is 3. The van der Waals surface area contributed by atoms with Gasteiger partial charge in [-0.1, -0.05) is 67.9 Å². The van der Waals surface area contributed by atoms with Crippen molar-refractivity contribution in [3.63, 3.8) is 0 Å². The normalized spacial score (nSPS) is 12.9. The molecular formula is C32H31N3O. The molecule has 0 atom stereocenters. The van der Waals surface area contributed by atoms with E-state index in [0.717, 1.165) is 58.7 Å². The number of hydrogen-bond acceptors (Lipinski definition) is 3. The Morgan fingerprint density at radius 1 is 1.03 bits per heavy atom. The van der Waals surface area contributed by atoms with Crippen LogP contribution in [0.4, 0.5) is 0 Å². The summed E-state index contributed by atoms with van der Waals surface area (Å²) in [5, 5.41) is 9.87. The number of hydrogen-bond donors (Lipinski definition) is 0. The summed E-state index contributed by atoms with van der Waals surface area (Å²) in [5.41, 5.74) is 7.26. The van der Waals surface area contributed by atoms with Crippen LogP contribution in [0.15, 0.2) is 77.6 Å². The van der Waals surface area contributed by atoms with E-state index in [1.807, 2.05) is 67.6 Å². The van der Waals surface area contributed by atoms with E-state index in [4.69, 9.17) is 4.98 Å². The van der Waals surface area contributed by atoms with Gasteiger partial charge in [0.2, 0.25) is 0 Å². The van der Waals surface area contributed by atoms with Gasteiger partial charge in [-0.3, -0.25) is 9.36 Å². The second-order valence-corrected chi connectivity index (χ2v) is 9.73. The molecule has 1 saturated carbocycles. The molecule has 5 rings (SSSR count). The molecule has 1 aliphatic rings. The Hall–Kier alpha value is -3.97. The van der Waals surface area contributed by atoms with Gasteiger partial charge >= 0.3 is 0 Å². The Kier molecular flexibility index (Phi) is 6.82. The second-order valence-electron chi connectivity index (χ2n) is 9.73. The fourth-order valence-corrected chi connectivity index (χ4v) is 4.95. The van der Waals surface area contributed by atoms with E-state index in [1.165, 1.54) is 18.4 Å². The fourth-order valence-electron chi connectivity index (χ4n) is 4.95. The van der Waals surface area contributed by atoms with Crippen molar-refractivity contribution in [1.82, 2.24) is 9.55 Å². The van der Waals surface area contributed by atoms with Gasteiger partial charge < -0.3 is 0 Å². The summed E-state index contributed by atoms with van der Waals surface area (Å²) in [4.78, 5) is 18.9. The predicted octanol–water partition coefficient (Wildman–Crippen LogP) is 6.89. The summed E-state index contributed by atoms with van der Waals surface area (Å²) < 4.78 is 1.76. The van der Waals surface area contributed by atoms with E-state index in [9.17, 15) is 10.1 Å². The second kappa shape index (κ2) is 10.3. The average Bonchev–Trinajstić information content (AvgIpc) is 3.76. The first-order chi connectivity index (χ1) is 17.6. The van der Waals surface area contributed by atoms with Crippen molar-refractivity contribution in [3.05, 3.63) is 117 Å². The summed E-state index contributed by atoms with van der Waals surface area (Å²) in [6.45, 7) is 4.07. The van der Waals surface area contributed by atoms with Crippen LogP contribution in [0.25, 0.3) is 16.8 Å². The maximum atomic E-state index is 14.0. The van der Waals surface area contributed by atoms with Crippen LogP contribution in [0.5, 0.6) is 0 Å². The number of aromatic nitrogens is 2. The van der Waals surface area contributed by atoms with Crippen molar-refractivity contribution >= 4 is 0 Å². The van der Waals surface area contributed by atoms with E-state index in [2.05, 4.69) is 25.1 Å². The SMILES string of the molecule is CCCCc1nc(C)n(-c2cccc(C3CC3)c2)c(=O)c1Cc1ccc(-c2ccccc2)c(C#N)c1. The molecule has 3 aromatic carbocycles. The highest BCUT2D eigenvalue weighted by molar-refractivity contribution is 5.71. The first kappa shape index (κ1) is 23.8. The zero-order valence-electron chi connectivity index (χ0n) is 21.0. The Labute approximate surface area is 212 Å². The molecule has 1 aromatic heterocycles. The van der Waals surface area contributed by atoms with Gasteiger partial charge in [0.1, 0.15) is 5.82 Å². The van der Waals surface area contributed by atoms with Crippen LogP contribution in [0.3, 0.4) is 0 Å². The van der Waals surface area contributed by atoms with Crippen LogP contribution < -0.4 is 5.56 Å². The molecule has 0 amide bonds. The number of aryl methyl sites for hydroxylation is 2. The molecule has 1 fully saturated rings. The summed E-state index contributed by atoms with van der Waals surface area (Å²) >= 11 is 0. The van der Waals surface area contributed by atoms with Crippen LogP contribution in [0.2, 0.25) is 0 Å². The quantitative estimate of drug-likeness (QED) is 0.280. The molecule has 0 saturated heterocycles. The molecular weight excluding hydrogens is 442 g/mol. The number of nitrogens with zero attached hydrogens (tertiary/aromatic N) is 3. The highest BCUT2D eigenvalue weighted by Crippen LogP contribution is 2.40. The zero-order valence-corrected chi connectivity index (χ0v) is 21.0. The average molecular weight is 474 g/mol. The molecule has 4 nitrogen and oxygen atoms in total. The lowest BCUT2D eigenvalue weighted by atomic mass is 9.95. The first-order valence-electron chi connectivity index (χ1n) is 12.9. The Bertz CT molecular complexity index is 1490. The molecule has 1 heterocycles. The molecule has 36 heavy (non-hydrogen) atoms. The molecule has 0 spiro atoms. The fraction of sp³-hybridized carbons (Fsp3) is 0.281. The predicted molar refractivity (Wildman–Crippen MR) is 145 cm³/mol. The van der Waals surface area contributed by atoms with Gasteiger partial charge in [-0.15, -0.1) is 0 Å². The minimum absolute atomic E-state index is 0.00723. The third-order valence-corrected chi connectivity index (χ3v) is 7.04. The van der Waals surface area contributed by atoms with Gasteiger partial charge in [0, 0.05) is 12.0 Å². The van der Waals surface area contributed by atoms with E-state index >= 15 is 0 Å². The molecule has 4 heteroatoms. The lowest BCUT2D eigenvalue weighted by molar-refractivity contribution is 0.733. The van der Waals surface area contributed by atoms with Gasteiger partial charge in [-0.05, 0) is 79.0 Å². The van der Waals surface area contributed by atoms with E-state index in [-0.39, 0.29) is 5.56 Å². The van der Waals surface area contributed by atoms with Crippen LogP contribution in [-0.2, 0) is 12.8 Å². The van der Waals surface area contributed by atoms with E-state index < -0.39 is 0 Å². The summed E-state index contributed by atoms with van der Waals surface area (Å²) in [6.07, 6.45) is 5.69. The maximum absolute atomic E-state index is 14.0. The van der Waals surface area contributed by atoms with Crippen LogP contribution in [0.1, 0.15) is 72.3 Å². The topological polar surface area (TPSA) is 58.7 Å². The molecule has 0 radical (unpaired) electrons. The van der Waals surface area contributed by atoms with Crippen molar-refractivity contribution in [2.24, 2.45) is 0 Å². The third-order valence-electron chi connectivity index (χ3n) is 7.04. The van der Waals surface area contributed by atoms with Crippen LogP contribution in [-0.4, -0.2) is 9.55 Å². The van der Waals surface area contributed by atoms with Gasteiger partial charge in [-0.2, -0.15) is 5.26 Å². The summed E-state index contributed by atoms with van der Waals surface area (Å²) in [5.74, 6) is 1.34. The van der Waals surface area contributed by atoms with Crippen molar-refractivity contribution < 1.29 is 0 Å². The van der Waals surface area contributed by atoms with Crippen molar-refractivity contribution in [3.8, 4) is 22.9 Å². The van der Waals surface area contributed by atoms with Crippen LogP contribution >= 0.6 is 0 Å². The zero-order chi connectivity index (χ0) is 25.1. The molecule has 180 valence electrons. The lowest BCUT2D eigenvalue weighted by Crippen LogP contribution is -2.28. The molecule has 1 aliphatic carbocycles. The molecule has 4 aromatic rings. The van der Waals surface area contributed by atoms with E-state index in [1.54, 1.807) is 4.57 Å². The molecule has 0 unspecified atom stereocenters. The summed E-state index contributed by atoms with van der Waals surface area (Å²) in [6, 6.07) is 26.6. The van der Waals surface area contributed by atoms with Gasteiger partial charge in [0.05, 0.1) is 23.0 Å². The van der Waals surface area contributed by atoms with Gasteiger partial charge in [-0.25, -0.2) is 4.98 Å². The number of unbranched alkanes of at least 4 members (excludes halogenated alkanes) is 1. The molecule has 0 N–H and O–H groups in total. The molecule has 0 bridgehead atoms. The first-order valence-corrected chi connectivity index (χ1v) is 12.9. The summed E-state index contributed by atoms with van der Waals surface area (Å²) in [7, 11) is 0. The monoisotopic (exact) mass is 473 g/mol. The molecule has 0 aliphatic heterocycles.